The van der Waals surface area contributed by atoms with Gasteiger partial charge in [0.15, 0.2) is 5.82 Å². The second kappa shape index (κ2) is 6.05. The second-order valence-electron chi connectivity index (χ2n) is 8.05. The number of carbonyl (C=O) groups is 1. The van der Waals surface area contributed by atoms with Crippen LogP contribution >= 0.6 is 0 Å². The van der Waals surface area contributed by atoms with E-state index in [1.807, 2.05) is 17.7 Å². The van der Waals surface area contributed by atoms with Crippen LogP contribution in [0.5, 0.6) is 0 Å². The molecule has 4 N–H and O–H groups in total. The van der Waals surface area contributed by atoms with Gasteiger partial charge in [-0.2, -0.15) is 0 Å². The molecule has 28 heavy (non-hydrogen) atoms. The highest BCUT2D eigenvalue weighted by Crippen LogP contribution is 2.44. The SMILES string of the molecule is C=C(N)Nc1nc2c(cc(C(=O)N(C3CC3)C3CC3)n2CC)c2c1NCN2C. The van der Waals surface area contributed by atoms with Crippen LogP contribution in [0.4, 0.5) is 17.2 Å². The molecule has 3 aliphatic rings. The number of aromatic nitrogens is 2. The van der Waals surface area contributed by atoms with Gasteiger partial charge in [-0.1, -0.05) is 6.58 Å². The molecule has 0 bridgehead atoms. The first-order chi connectivity index (χ1) is 13.5. The van der Waals surface area contributed by atoms with Gasteiger partial charge < -0.3 is 30.7 Å². The monoisotopic (exact) mass is 381 g/mol. The molecule has 3 heterocycles. The fourth-order valence-electron chi connectivity index (χ4n) is 4.29. The van der Waals surface area contributed by atoms with Crippen LogP contribution in [-0.4, -0.2) is 46.2 Å². The fourth-order valence-corrected chi connectivity index (χ4v) is 4.29. The van der Waals surface area contributed by atoms with Crippen LogP contribution in [0.3, 0.4) is 0 Å². The lowest BCUT2D eigenvalue weighted by Crippen LogP contribution is -2.36. The van der Waals surface area contributed by atoms with Crippen molar-refractivity contribution < 1.29 is 4.79 Å². The maximum Gasteiger partial charge on any atom is 0.271 e. The maximum atomic E-state index is 13.5. The topological polar surface area (TPSA) is 91.4 Å². The molecule has 5 rings (SSSR count). The highest BCUT2D eigenvalue weighted by atomic mass is 16.2. The summed E-state index contributed by atoms with van der Waals surface area (Å²) in [6, 6.07) is 2.86. The molecule has 2 fully saturated rings. The van der Waals surface area contributed by atoms with Crippen LogP contribution in [0.25, 0.3) is 11.0 Å². The van der Waals surface area contributed by atoms with E-state index in [2.05, 4.69) is 33.9 Å². The summed E-state index contributed by atoms with van der Waals surface area (Å²) in [6.07, 6.45) is 4.51. The van der Waals surface area contributed by atoms with Crippen molar-refractivity contribution in [3.63, 3.8) is 0 Å². The predicted octanol–water partition coefficient (Wildman–Crippen LogP) is 2.48. The number of nitrogens with one attached hydrogen (secondary N) is 2. The van der Waals surface area contributed by atoms with Crippen LogP contribution < -0.4 is 21.3 Å². The zero-order chi connectivity index (χ0) is 19.6. The minimum absolute atomic E-state index is 0.143. The van der Waals surface area contributed by atoms with Gasteiger partial charge in [0.2, 0.25) is 0 Å². The Morgan fingerprint density at radius 1 is 1.39 bits per heavy atom. The van der Waals surface area contributed by atoms with E-state index in [-0.39, 0.29) is 5.91 Å². The summed E-state index contributed by atoms with van der Waals surface area (Å²) < 4.78 is 2.03. The number of nitrogens with zero attached hydrogens (tertiary/aromatic N) is 4. The van der Waals surface area contributed by atoms with Gasteiger partial charge in [0.05, 0.1) is 18.2 Å². The van der Waals surface area contributed by atoms with Crippen molar-refractivity contribution in [1.82, 2.24) is 14.5 Å². The molecule has 8 nitrogen and oxygen atoms in total. The van der Waals surface area contributed by atoms with Gasteiger partial charge in [-0.05, 0) is 38.7 Å². The van der Waals surface area contributed by atoms with Crippen LogP contribution in [-0.2, 0) is 6.54 Å². The Labute approximate surface area is 164 Å². The normalized spacial score (nSPS) is 18.1. The van der Waals surface area contributed by atoms with Crippen LogP contribution in [0.1, 0.15) is 43.1 Å². The van der Waals surface area contributed by atoms with Crippen molar-refractivity contribution in [2.45, 2.75) is 51.2 Å². The highest BCUT2D eigenvalue weighted by molar-refractivity contribution is 6.08. The van der Waals surface area contributed by atoms with Crippen molar-refractivity contribution in [3.05, 3.63) is 24.2 Å². The smallest absolute Gasteiger partial charge is 0.271 e. The number of amides is 1. The van der Waals surface area contributed by atoms with Crippen LogP contribution in [0.15, 0.2) is 18.5 Å². The molecule has 1 amide bonds. The Hall–Kier alpha value is -2.90. The second-order valence-corrected chi connectivity index (χ2v) is 8.05. The van der Waals surface area contributed by atoms with E-state index in [4.69, 9.17) is 10.7 Å². The van der Waals surface area contributed by atoms with E-state index in [0.29, 0.717) is 36.9 Å². The number of pyridine rings is 1. The Morgan fingerprint density at radius 2 is 2.07 bits per heavy atom. The summed E-state index contributed by atoms with van der Waals surface area (Å²) in [4.78, 5) is 22.6. The molecule has 0 atom stereocenters. The zero-order valence-electron chi connectivity index (χ0n) is 16.5. The zero-order valence-corrected chi connectivity index (χ0v) is 16.5. The molecule has 0 aromatic carbocycles. The van der Waals surface area contributed by atoms with Gasteiger partial charge >= 0.3 is 0 Å². The Balaban J connectivity index is 1.68. The summed E-state index contributed by atoms with van der Waals surface area (Å²) >= 11 is 0. The van der Waals surface area contributed by atoms with Crippen molar-refractivity contribution >= 4 is 34.1 Å². The average Bonchev–Trinajstić information content (AvgIpc) is 3.58. The third kappa shape index (κ3) is 2.58. The molecule has 0 saturated heterocycles. The van der Waals surface area contributed by atoms with Gasteiger partial charge in [-0.15, -0.1) is 0 Å². The lowest BCUT2D eigenvalue weighted by Gasteiger charge is -2.22. The minimum atomic E-state index is 0.143. The quantitative estimate of drug-likeness (QED) is 0.712. The van der Waals surface area contributed by atoms with Gasteiger partial charge in [0.1, 0.15) is 17.0 Å². The number of hydrogen-bond donors (Lipinski definition) is 3. The third-order valence-corrected chi connectivity index (χ3v) is 5.82. The number of nitrogens with two attached hydrogens (primary N) is 1. The van der Waals surface area contributed by atoms with Gasteiger partial charge in [-0.25, -0.2) is 4.98 Å². The van der Waals surface area contributed by atoms with Gasteiger partial charge in [-0.3, -0.25) is 4.79 Å². The van der Waals surface area contributed by atoms with Gasteiger partial charge in [0.25, 0.3) is 5.91 Å². The molecule has 1 aliphatic heterocycles. The number of fused-ring (bicyclic) bond motifs is 3. The number of hydrogen-bond acceptors (Lipinski definition) is 6. The van der Waals surface area contributed by atoms with Crippen molar-refractivity contribution in [2.24, 2.45) is 5.73 Å². The van der Waals surface area contributed by atoms with Crippen molar-refractivity contribution in [1.29, 1.82) is 0 Å². The third-order valence-electron chi connectivity index (χ3n) is 5.82. The number of rotatable bonds is 6. The lowest BCUT2D eigenvalue weighted by molar-refractivity contribution is 0.0719. The highest BCUT2D eigenvalue weighted by Gasteiger charge is 2.43. The van der Waals surface area contributed by atoms with E-state index in [0.717, 1.165) is 53.8 Å². The van der Waals surface area contributed by atoms with Crippen LogP contribution in [0, 0.1) is 0 Å². The maximum absolute atomic E-state index is 13.5. The molecular formula is C20H27N7O. The first-order valence-electron chi connectivity index (χ1n) is 10.1. The van der Waals surface area contributed by atoms with Gasteiger partial charge in [0, 0.05) is 31.1 Å². The van der Waals surface area contributed by atoms with E-state index < -0.39 is 0 Å². The molecule has 2 aliphatic carbocycles. The first kappa shape index (κ1) is 17.2. The molecular weight excluding hydrogens is 354 g/mol. The molecule has 2 aromatic rings. The molecule has 0 radical (unpaired) electrons. The summed E-state index contributed by atoms with van der Waals surface area (Å²) in [6.45, 7) is 7.16. The van der Waals surface area contributed by atoms with E-state index in [9.17, 15) is 4.79 Å². The van der Waals surface area contributed by atoms with Crippen molar-refractivity contribution in [3.8, 4) is 0 Å². The summed E-state index contributed by atoms with van der Waals surface area (Å²) in [7, 11) is 2.03. The molecule has 0 unspecified atom stereocenters. The average molecular weight is 381 g/mol. The lowest BCUT2D eigenvalue weighted by atomic mass is 10.2. The van der Waals surface area contributed by atoms with Crippen molar-refractivity contribution in [2.75, 3.05) is 29.2 Å². The standard InChI is InChI=1S/C20H27N7O/c1-4-26-15(20(28)27(12-5-6-12)13-7-8-13)9-14-17-16(22-10-25(17)3)18(23-11(2)21)24-19(14)26/h9,12-13,22H,2,4-8,10,21H2,1,3H3,(H,23,24). The summed E-state index contributed by atoms with van der Waals surface area (Å²) in [5, 5.41) is 7.43. The molecule has 2 aromatic heterocycles. The Kier molecular flexibility index (Phi) is 3.72. The first-order valence-corrected chi connectivity index (χ1v) is 10.1. The largest absolute Gasteiger partial charge is 0.386 e. The summed E-state index contributed by atoms with van der Waals surface area (Å²) in [5.41, 5.74) is 9.26. The van der Waals surface area contributed by atoms with E-state index in [1.54, 1.807) is 0 Å². The number of aryl methyl sites for hydroxylation is 1. The summed E-state index contributed by atoms with van der Waals surface area (Å²) in [5.74, 6) is 1.13. The fraction of sp³-hybridized carbons (Fsp3) is 0.500. The predicted molar refractivity (Wildman–Crippen MR) is 111 cm³/mol. The van der Waals surface area contributed by atoms with E-state index >= 15 is 0 Å². The minimum Gasteiger partial charge on any atom is -0.386 e. The Bertz CT molecular complexity index is 974. The molecule has 0 spiro atoms. The number of anilines is 3. The molecule has 2 saturated carbocycles. The molecule has 148 valence electrons. The van der Waals surface area contributed by atoms with Crippen LogP contribution in [0.2, 0.25) is 0 Å². The Morgan fingerprint density at radius 3 is 2.64 bits per heavy atom. The van der Waals surface area contributed by atoms with E-state index in [1.165, 1.54) is 0 Å². The molecule has 8 heteroatoms. The number of carbonyl (C=O) groups excluding carboxylic acids is 1.